The maximum Gasteiger partial charge on any atom is 0.252 e. The number of hydrogen-bond donors (Lipinski definition) is 1. The Bertz CT molecular complexity index is 987. The van der Waals surface area contributed by atoms with Crippen molar-refractivity contribution in [2.24, 2.45) is 0 Å². The number of nitrogens with zero attached hydrogens (tertiary/aromatic N) is 3. The lowest BCUT2D eigenvalue weighted by Gasteiger charge is -2.45. The summed E-state index contributed by atoms with van der Waals surface area (Å²) in [6.07, 6.45) is 0.179. The molecule has 7 nitrogen and oxygen atoms in total. The average Bonchev–Trinajstić information content (AvgIpc) is 3.29. The van der Waals surface area contributed by atoms with E-state index in [0.717, 1.165) is 30.9 Å². The first-order valence-electron chi connectivity index (χ1n) is 11.1. The summed E-state index contributed by atoms with van der Waals surface area (Å²) in [7, 11) is -3.49. The fourth-order valence-electron chi connectivity index (χ4n) is 4.49. The van der Waals surface area contributed by atoms with Gasteiger partial charge in [-0.05, 0) is 49.9 Å². The first-order chi connectivity index (χ1) is 15.1. The first kappa shape index (κ1) is 23.7. The van der Waals surface area contributed by atoms with Crippen molar-refractivity contribution in [3.8, 4) is 0 Å². The van der Waals surface area contributed by atoms with Crippen molar-refractivity contribution in [2.45, 2.75) is 42.7 Å². The summed E-state index contributed by atoms with van der Waals surface area (Å²) in [6.45, 7) is 10.3. The van der Waals surface area contributed by atoms with E-state index >= 15 is 0 Å². The molecular formula is C23H33N3O4S2. The molecule has 0 aliphatic carbocycles. The summed E-state index contributed by atoms with van der Waals surface area (Å²) >= 11 is 1.27. The molecule has 2 aliphatic heterocycles. The number of morpholine rings is 1. The van der Waals surface area contributed by atoms with E-state index < -0.39 is 15.6 Å². The second-order valence-corrected chi connectivity index (χ2v) is 12.3. The van der Waals surface area contributed by atoms with Crippen molar-refractivity contribution >= 4 is 27.0 Å². The Kier molecular flexibility index (Phi) is 6.95. The Labute approximate surface area is 195 Å². The van der Waals surface area contributed by atoms with Gasteiger partial charge >= 0.3 is 0 Å². The van der Waals surface area contributed by atoms with Crippen LogP contribution in [-0.4, -0.2) is 80.8 Å². The van der Waals surface area contributed by atoms with E-state index in [0.29, 0.717) is 30.5 Å². The van der Waals surface area contributed by atoms with Gasteiger partial charge in [-0.15, -0.1) is 11.3 Å². The van der Waals surface area contributed by atoms with Gasteiger partial charge in [0, 0.05) is 45.0 Å². The van der Waals surface area contributed by atoms with Gasteiger partial charge in [0.2, 0.25) is 0 Å². The zero-order valence-corrected chi connectivity index (χ0v) is 20.6. The number of benzene rings is 1. The van der Waals surface area contributed by atoms with Crippen molar-refractivity contribution in [1.82, 2.24) is 9.21 Å². The maximum absolute atomic E-state index is 13.2. The monoisotopic (exact) mass is 479 g/mol. The minimum atomic E-state index is -3.49. The lowest BCUT2D eigenvalue weighted by Crippen LogP contribution is -2.59. The quantitative estimate of drug-likeness (QED) is 0.687. The van der Waals surface area contributed by atoms with Crippen molar-refractivity contribution < 1.29 is 18.3 Å². The number of ether oxygens (including phenoxy) is 1. The van der Waals surface area contributed by atoms with E-state index in [4.69, 9.17) is 4.74 Å². The smallest absolute Gasteiger partial charge is 0.252 e. The van der Waals surface area contributed by atoms with E-state index in [1.807, 2.05) is 24.3 Å². The van der Waals surface area contributed by atoms with E-state index in [-0.39, 0.29) is 12.1 Å². The van der Waals surface area contributed by atoms with Gasteiger partial charge in [0.05, 0.1) is 24.4 Å². The molecule has 2 saturated heterocycles. The molecule has 0 spiro atoms. The predicted octanol–water partition coefficient (Wildman–Crippen LogP) is 2.58. The van der Waals surface area contributed by atoms with Crippen LogP contribution in [0.4, 0.5) is 5.69 Å². The van der Waals surface area contributed by atoms with Crippen LogP contribution in [0.25, 0.3) is 0 Å². The normalized spacial score (nSPS) is 24.1. The molecule has 0 amide bonds. The van der Waals surface area contributed by atoms with Gasteiger partial charge in [0.15, 0.2) is 0 Å². The maximum atomic E-state index is 13.2. The summed E-state index contributed by atoms with van der Waals surface area (Å²) in [6, 6.07) is 11.5. The van der Waals surface area contributed by atoms with Crippen molar-refractivity contribution in [3.63, 3.8) is 0 Å². The van der Waals surface area contributed by atoms with Gasteiger partial charge in [-0.2, -0.15) is 4.31 Å². The van der Waals surface area contributed by atoms with Crippen LogP contribution in [0.1, 0.15) is 26.3 Å². The largest absolute Gasteiger partial charge is 0.386 e. The summed E-state index contributed by atoms with van der Waals surface area (Å²) < 4.78 is 34.1. The molecule has 2 aliphatic rings. The van der Waals surface area contributed by atoms with E-state index in [1.165, 1.54) is 11.3 Å². The Balaban J connectivity index is 1.58. The number of sulfonamides is 1. The topological polar surface area (TPSA) is 73.3 Å². The minimum Gasteiger partial charge on any atom is -0.386 e. The molecule has 0 unspecified atom stereocenters. The zero-order valence-electron chi connectivity index (χ0n) is 19.0. The predicted molar refractivity (Wildman–Crippen MR) is 128 cm³/mol. The van der Waals surface area contributed by atoms with E-state index in [1.54, 1.807) is 35.7 Å². The highest BCUT2D eigenvalue weighted by atomic mass is 32.2. The van der Waals surface area contributed by atoms with Crippen LogP contribution < -0.4 is 4.90 Å². The van der Waals surface area contributed by atoms with Crippen LogP contribution in [-0.2, 0) is 20.4 Å². The Morgan fingerprint density at radius 2 is 1.88 bits per heavy atom. The van der Waals surface area contributed by atoms with Crippen LogP contribution in [0.3, 0.4) is 0 Å². The summed E-state index contributed by atoms with van der Waals surface area (Å²) in [5.74, 6) is 0. The molecule has 2 fully saturated rings. The highest BCUT2D eigenvalue weighted by Crippen LogP contribution is 2.29. The number of thiophene rings is 1. The van der Waals surface area contributed by atoms with Gasteiger partial charge < -0.3 is 14.7 Å². The van der Waals surface area contributed by atoms with Crippen molar-refractivity contribution in [1.29, 1.82) is 0 Å². The zero-order chi connectivity index (χ0) is 22.9. The second-order valence-electron chi connectivity index (χ2n) is 9.19. The first-order valence-corrected chi connectivity index (χ1v) is 13.4. The number of rotatable bonds is 6. The van der Waals surface area contributed by atoms with E-state index in [9.17, 15) is 13.5 Å². The molecule has 2 atom stereocenters. The Morgan fingerprint density at radius 1 is 1.12 bits per heavy atom. The van der Waals surface area contributed by atoms with E-state index in [2.05, 4.69) is 16.7 Å². The molecule has 32 heavy (non-hydrogen) atoms. The second kappa shape index (κ2) is 9.40. The number of aliphatic hydroxyl groups is 1. The molecule has 0 bridgehead atoms. The molecule has 0 radical (unpaired) electrons. The van der Waals surface area contributed by atoms with Gasteiger partial charge in [0.1, 0.15) is 4.21 Å². The molecular weight excluding hydrogens is 446 g/mol. The summed E-state index contributed by atoms with van der Waals surface area (Å²) in [5.41, 5.74) is 1.02. The number of hydrogen-bond acceptors (Lipinski definition) is 7. The molecule has 3 heterocycles. The molecule has 1 aromatic carbocycles. The average molecular weight is 480 g/mol. The fraction of sp³-hybridized carbons (Fsp3) is 0.565. The third kappa shape index (κ3) is 5.18. The van der Waals surface area contributed by atoms with Crippen LogP contribution in [0.5, 0.6) is 0 Å². The SMILES string of the molecule is C[C@H]1CN(C[C@@H]2CN(S(=O)(=O)c3cccs3)CCN2c2ccc(C(C)(C)O)cc2)CCO1. The third-order valence-electron chi connectivity index (χ3n) is 6.23. The van der Waals surface area contributed by atoms with Crippen LogP contribution >= 0.6 is 11.3 Å². The van der Waals surface area contributed by atoms with Crippen LogP contribution in [0, 0.1) is 0 Å². The third-order valence-corrected chi connectivity index (χ3v) is 9.47. The van der Waals surface area contributed by atoms with Gasteiger partial charge in [0.25, 0.3) is 10.0 Å². The van der Waals surface area contributed by atoms with Crippen LogP contribution in [0.2, 0.25) is 0 Å². The number of piperazine rings is 1. The van der Waals surface area contributed by atoms with Gasteiger partial charge in [-0.3, -0.25) is 4.90 Å². The van der Waals surface area contributed by atoms with Crippen molar-refractivity contribution in [2.75, 3.05) is 50.8 Å². The molecule has 2 aromatic rings. The highest BCUT2D eigenvalue weighted by Gasteiger charge is 2.36. The fourth-order valence-corrected chi connectivity index (χ4v) is 7.11. The molecule has 176 valence electrons. The standard InChI is InChI=1S/C23H33N3O4S2/c1-18-15-24(12-13-30-18)16-21-17-25(32(28,29)22-5-4-14-31-22)10-11-26(21)20-8-6-19(7-9-20)23(2,3)27/h4-9,14,18,21,27H,10-13,15-17H2,1-3H3/t18-,21+/m0/s1. The lowest BCUT2D eigenvalue weighted by atomic mass is 9.98. The Hall–Kier alpha value is -1.49. The summed E-state index contributed by atoms with van der Waals surface area (Å²) in [5, 5.41) is 12.1. The lowest BCUT2D eigenvalue weighted by molar-refractivity contribution is -0.0210. The van der Waals surface area contributed by atoms with Crippen LogP contribution in [0.15, 0.2) is 46.0 Å². The Morgan fingerprint density at radius 3 is 2.50 bits per heavy atom. The summed E-state index contributed by atoms with van der Waals surface area (Å²) in [4.78, 5) is 4.69. The molecule has 9 heteroatoms. The highest BCUT2D eigenvalue weighted by molar-refractivity contribution is 7.91. The molecule has 4 rings (SSSR count). The van der Waals surface area contributed by atoms with Gasteiger partial charge in [-0.1, -0.05) is 18.2 Å². The van der Waals surface area contributed by atoms with Gasteiger partial charge in [-0.25, -0.2) is 8.42 Å². The van der Waals surface area contributed by atoms with Crippen molar-refractivity contribution in [3.05, 3.63) is 47.3 Å². The molecule has 0 saturated carbocycles. The number of anilines is 1. The molecule has 1 N–H and O–H groups in total. The minimum absolute atomic E-state index is 0.0248. The molecule has 1 aromatic heterocycles.